The van der Waals surface area contributed by atoms with Crippen molar-refractivity contribution in [2.75, 3.05) is 0 Å². The molecule has 1 N–H and O–H groups in total. The second-order valence-electron chi connectivity index (χ2n) is 5.00. The van der Waals surface area contributed by atoms with Gasteiger partial charge in [-0.3, -0.25) is 9.59 Å². The third-order valence-electron chi connectivity index (χ3n) is 3.98. The summed E-state index contributed by atoms with van der Waals surface area (Å²) in [5.74, 6) is -1.17. The monoisotopic (exact) mass is 254 g/mol. The zero-order valence-corrected chi connectivity index (χ0v) is 10.4. The van der Waals surface area contributed by atoms with E-state index in [0.29, 0.717) is 12.0 Å². The average molecular weight is 254 g/mol. The zero-order chi connectivity index (χ0) is 13.4. The highest BCUT2D eigenvalue weighted by Crippen LogP contribution is 2.45. The molecule has 0 aliphatic heterocycles. The second kappa shape index (κ2) is 4.50. The van der Waals surface area contributed by atoms with Gasteiger partial charge in [-0.2, -0.15) is 0 Å². The van der Waals surface area contributed by atoms with Crippen molar-refractivity contribution in [2.24, 2.45) is 11.8 Å². The van der Waals surface area contributed by atoms with E-state index in [1.807, 2.05) is 24.3 Å². The number of aliphatic carboxylic acids is 1. The van der Waals surface area contributed by atoms with Gasteiger partial charge in [-0.15, -0.1) is 0 Å². The molecule has 1 fully saturated rings. The summed E-state index contributed by atoms with van der Waals surface area (Å²) in [6, 6.07) is 9.15. The molecular formula is C16H14O3. The summed E-state index contributed by atoms with van der Waals surface area (Å²) in [5, 5.41) is 9.15. The van der Waals surface area contributed by atoms with Crippen molar-refractivity contribution < 1.29 is 14.7 Å². The molecule has 3 heteroatoms. The number of hydrogen-bond donors (Lipinski definition) is 1. The van der Waals surface area contributed by atoms with Crippen molar-refractivity contribution in [1.29, 1.82) is 0 Å². The first-order chi connectivity index (χ1) is 9.18. The van der Waals surface area contributed by atoms with Crippen LogP contribution in [0, 0.1) is 11.8 Å². The minimum absolute atomic E-state index is 0.00815. The van der Waals surface area contributed by atoms with Gasteiger partial charge in [-0.05, 0) is 18.4 Å². The fraction of sp³-hybridized carbons (Fsp3) is 0.250. The van der Waals surface area contributed by atoms with Gasteiger partial charge in [0.05, 0.1) is 5.92 Å². The molecular weight excluding hydrogens is 240 g/mol. The van der Waals surface area contributed by atoms with Crippen LogP contribution in [0.5, 0.6) is 0 Å². The Morgan fingerprint density at radius 3 is 2.47 bits per heavy atom. The molecule has 0 aromatic heterocycles. The lowest BCUT2D eigenvalue weighted by atomic mass is 9.90. The van der Waals surface area contributed by atoms with Crippen LogP contribution in [-0.2, 0) is 4.79 Å². The maximum absolute atomic E-state index is 12.4. The van der Waals surface area contributed by atoms with Crippen LogP contribution in [0.3, 0.4) is 0 Å². The SMILES string of the molecule is O=C(C1=CC=C2C1CC[C@H]2C(=O)O)c1ccccc1. The van der Waals surface area contributed by atoms with E-state index in [0.717, 1.165) is 17.6 Å². The molecule has 0 bridgehead atoms. The van der Waals surface area contributed by atoms with Crippen LogP contribution in [0.25, 0.3) is 0 Å². The van der Waals surface area contributed by atoms with Crippen molar-refractivity contribution in [1.82, 2.24) is 0 Å². The van der Waals surface area contributed by atoms with Crippen LogP contribution in [0.1, 0.15) is 23.2 Å². The fourth-order valence-corrected chi connectivity index (χ4v) is 3.04. The Labute approximate surface area is 111 Å². The molecule has 0 radical (unpaired) electrons. The number of rotatable bonds is 3. The number of carboxylic acid groups (broad SMARTS) is 1. The topological polar surface area (TPSA) is 54.4 Å². The molecule has 0 saturated heterocycles. The third-order valence-corrected chi connectivity index (χ3v) is 3.98. The average Bonchev–Trinajstić information content (AvgIpc) is 2.99. The smallest absolute Gasteiger partial charge is 0.310 e. The summed E-state index contributed by atoms with van der Waals surface area (Å²) in [4.78, 5) is 23.6. The molecule has 1 saturated carbocycles. The van der Waals surface area contributed by atoms with Gasteiger partial charge in [0.1, 0.15) is 0 Å². The Morgan fingerprint density at radius 1 is 1.05 bits per heavy atom. The second-order valence-corrected chi connectivity index (χ2v) is 5.00. The van der Waals surface area contributed by atoms with E-state index in [1.165, 1.54) is 0 Å². The molecule has 1 unspecified atom stereocenters. The standard InChI is InChI=1S/C16H14O3/c17-15(10-4-2-1-3-5-10)13-8-6-12-11(13)7-9-14(12)16(18)19/h1-6,8,11,14H,7,9H2,(H,18,19)/t11?,14-/m1/s1. The van der Waals surface area contributed by atoms with E-state index in [9.17, 15) is 9.59 Å². The number of benzene rings is 1. The number of allylic oxidation sites excluding steroid dienone is 3. The third kappa shape index (κ3) is 1.91. The maximum Gasteiger partial charge on any atom is 0.310 e. The first kappa shape index (κ1) is 11.9. The largest absolute Gasteiger partial charge is 0.481 e. The fourth-order valence-electron chi connectivity index (χ4n) is 3.04. The number of Topliss-reactive ketones (excluding diaryl/α,β-unsaturated/α-hetero) is 1. The first-order valence-electron chi connectivity index (χ1n) is 6.42. The van der Waals surface area contributed by atoms with Gasteiger partial charge in [0.25, 0.3) is 0 Å². The highest BCUT2D eigenvalue weighted by molar-refractivity contribution is 6.10. The summed E-state index contributed by atoms with van der Waals surface area (Å²) in [6.45, 7) is 0. The highest BCUT2D eigenvalue weighted by atomic mass is 16.4. The number of carbonyl (C=O) groups is 2. The molecule has 0 heterocycles. The predicted octanol–water partition coefficient (Wildman–Crippen LogP) is 2.85. The van der Waals surface area contributed by atoms with Crippen molar-refractivity contribution in [3.05, 3.63) is 59.2 Å². The van der Waals surface area contributed by atoms with E-state index in [1.54, 1.807) is 18.2 Å². The van der Waals surface area contributed by atoms with Gasteiger partial charge in [0.15, 0.2) is 5.78 Å². The lowest BCUT2D eigenvalue weighted by molar-refractivity contribution is -0.140. The minimum atomic E-state index is -0.782. The van der Waals surface area contributed by atoms with Crippen molar-refractivity contribution in [2.45, 2.75) is 12.8 Å². The van der Waals surface area contributed by atoms with E-state index < -0.39 is 11.9 Å². The Hall–Kier alpha value is -2.16. The van der Waals surface area contributed by atoms with Crippen molar-refractivity contribution in [3.8, 4) is 0 Å². The quantitative estimate of drug-likeness (QED) is 0.844. The molecule has 0 amide bonds. The van der Waals surface area contributed by atoms with Crippen LogP contribution in [0.4, 0.5) is 0 Å². The van der Waals surface area contributed by atoms with Gasteiger partial charge >= 0.3 is 5.97 Å². The molecule has 2 aliphatic carbocycles. The van der Waals surface area contributed by atoms with E-state index in [-0.39, 0.29) is 11.7 Å². The lowest BCUT2D eigenvalue weighted by Gasteiger charge is -2.12. The van der Waals surface area contributed by atoms with Gasteiger partial charge in [0.2, 0.25) is 0 Å². The first-order valence-corrected chi connectivity index (χ1v) is 6.42. The Bertz CT molecular complexity index is 596. The number of ketones is 1. The lowest BCUT2D eigenvalue weighted by Crippen LogP contribution is -2.14. The van der Waals surface area contributed by atoms with Crippen molar-refractivity contribution >= 4 is 11.8 Å². The molecule has 3 nitrogen and oxygen atoms in total. The molecule has 3 rings (SSSR count). The molecule has 2 atom stereocenters. The summed E-state index contributed by atoms with van der Waals surface area (Å²) in [7, 11) is 0. The molecule has 0 spiro atoms. The maximum atomic E-state index is 12.4. The number of fused-ring (bicyclic) bond motifs is 1. The molecule has 1 aromatic carbocycles. The summed E-state index contributed by atoms with van der Waals surface area (Å²) in [6.07, 6.45) is 5.01. The van der Waals surface area contributed by atoms with Crippen molar-refractivity contribution in [3.63, 3.8) is 0 Å². The Balaban J connectivity index is 1.84. The summed E-state index contributed by atoms with van der Waals surface area (Å²) >= 11 is 0. The predicted molar refractivity (Wildman–Crippen MR) is 70.8 cm³/mol. The molecule has 1 aromatic rings. The van der Waals surface area contributed by atoms with Gasteiger partial charge in [0, 0.05) is 17.1 Å². The Morgan fingerprint density at radius 2 is 1.79 bits per heavy atom. The molecule has 2 aliphatic rings. The summed E-state index contributed by atoms with van der Waals surface area (Å²) in [5.41, 5.74) is 2.30. The van der Waals surface area contributed by atoms with Gasteiger partial charge < -0.3 is 5.11 Å². The summed E-state index contributed by atoms with van der Waals surface area (Å²) < 4.78 is 0. The number of carboxylic acids is 1. The van der Waals surface area contributed by atoms with E-state index in [4.69, 9.17) is 5.11 Å². The zero-order valence-electron chi connectivity index (χ0n) is 10.4. The van der Waals surface area contributed by atoms with E-state index in [2.05, 4.69) is 0 Å². The van der Waals surface area contributed by atoms with Gasteiger partial charge in [-0.25, -0.2) is 0 Å². The van der Waals surface area contributed by atoms with E-state index >= 15 is 0 Å². The normalized spacial score (nSPS) is 24.6. The molecule has 19 heavy (non-hydrogen) atoms. The van der Waals surface area contributed by atoms with Crippen LogP contribution in [-0.4, -0.2) is 16.9 Å². The van der Waals surface area contributed by atoms with Crippen LogP contribution < -0.4 is 0 Å². The molecule has 96 valence electrons. The van der Waals surface area contributed by atoms with Crippen LogP contribution in [0.15, 0.2) is 53.6 Å². The van der Waals surface area contributed by atoms with Crippen LogP contribution >= 0.6 is 0 Å². The van der Waals surface area contributed by atoms with Gasteiger partial charge in [-0.1, -0.05) is 42.5 Å². The number of hydrogen-bond acceptors (Lipinski definition) is 2. The number of carbonyl (C=O) groups excluding carboxylic acids is 1. The van der Waals surface area contributed by atoms with Crippen LogP contribution in [0.2, 0.25) is 0 Å². The highest BCUT2D eigenvalue weighted by Gasteiger charge is 2.40. The Kier molecular flexibility index (Phi) is 2.82. The minimum Gasteiger partial charge on any atom is -0.481 e.